The van der Waals surface area contributed by atoms with E-state index >= 15 is 0 Å². The van der Waals surface area contributed by atoms with Crippen molar-refractivity contribution in [3.8, 4) is 0 Å². The van der Waals surface area contributed by atoms with Crippen molar-refractivity contribution in [1.29, 1.82) is 0 Å². The Morgan fingerprint density at radius 3 is 2.71 bits per heavy atom. The molecule has 0 fully saturated rings. The zero-order valence-electron chi connectivity index (χ0n) is 9.73. The number of hydrogen-bond acceptors (Lipinski definition) is 3. The number of aromatic nitrogens is 2. The topological polar surface area (TPSA) is 107 Å². The Labute approximate surface area is 98.6 Å². The molecule has 0 saturated heterocycles. The first-order valence-corrected chi connectivity index (χ1v) is 5.28. The molecule has 0 bridgehead atoms. The molecular formula is C10H16N4O3. The lowest BCUT2D eigenvalue weighted by Gasteiger charge is -2.16. The Balaban J connectivity index is 2.49. The first kappa shape index (κ1) is 13.0. The summed E-state index contributed by atoms with van der Waals surface area (Å²) < 4.78 is 0. The SMILES string of the molecule is CC(C)C[C@H](NC(=O)Nc1cn[nH]c1)C(=O)O. The lowest BCUT2D eigenvalue weighted by molar-refractivity contribution is -0.139. The molecule has 2 amide bonds. The minimum atomic E-state index is -1.04. The van der Waals surface area contributed by atoms with Crippen LogP contribution in [0.2, 0.25) is 0 Å². The number of carbonyl (C=O) groups is 2. The number of hydrogen-bond donors (Lipinski definition) is 4. The standard InChI is InChI=1S/C10H16N4O3/c1-6(2)3-8(9(15)16)14-10(17)13-7-4-11-12-5-7/h4-6,8H,3H2,1-2H3,(H,11,12)(H,15,16)(H2,13,14,17)/t8-/m0/s1. The number of nitrogens with one attached hydrogen (secondary N) is 3. The number of urea groups is 1. The average molecular weight is 240 g/mol. The number of anilines is 1. The van der Waals surface area contributed by atoms with Crippen LogP contribution in [-0.4, -0.2) is 33.3 Å². The third kappa shape index (κ3) is 4.54. The number of aliphatic carboxylic acids is 1. The molecule has 4 N–H and O–H groups in total. The van der Waals surface area contributed by atoms with Gasteiger partial charge in [0.15, 0.2) is 0 Å². The summed E-state index contributed by atoms with van der Waals surface area (Å²) in [7, 11) is 0. The maximum atomic E-state index is 11.5. The van der Waals surface area contributed by atoms with E-state index in [0.29, 0.717) is 12.1 Å². The van der Waals surface area contributed by atoms with E-state index in [-0.39, 0.29) is 5.92 Å². The van der Waals surface area contributed by atoms with Crippen LogP contribution in [0.5, 0.6) is 0 Å². The molecule has 0 saturated carbocycles. The van der Waals surface area contributed by atoms with Crippen LogP contribution in [-0.2, 0) is 4.79 Å². The Kier molecular flexibility index (Phi) is 4.50. The molecule has 0 radical (unpaired) electrons. The molecule has 0 aliphatic rings. The lowest BCUT2D eigenvalue weighted by Crippen LogP contribution is -2.43. The van der Waals surface area contributed by atoms with Crippen molar-refractivity contribution < 1.29 is 14.7 Å². The third-order valence-electron chi connectivity index (χ3n) is 2.07. The Hall–Kier alpha value is -2.05. The Bertz CT molecular complexity index is 375. The van der Waals surface area contributed by atoms with Crippen molar-refractivity contribution in [1.82, 2.24) is 15.5 Å². The number of amides is 2. The fourth-order valence-corrected chi connectivity index (χ4v) is 1.34. The van der Waals surface area contributed by atoms with Gasteiger partial charge in [-0.3, -0.25) is 5.10 Å². The molecule has 0 spiro atoms. The summed E-state index contributed by atoms with van der Waals surface area (Å²) in [5.74, 6) is -0.855. The van der Waals surface area contributed by atoms with Crippen LogP contribution in [0.25, 0.3) is 0 Å². The number of aromatic amines is 1. The van der Waals surface area contributed by atoms with E-state index in [9.17, 15) is 9.59 Å². The number of nitrogens with zero attached hydrogens (tertiary/aromatic N) is 1. The van der Waals surface area contributed by atoms with Crippen molar-refractivity contribution in [3.63, 3.8) is 0 Å². The highest BCUT2D eigenvalue weighted by atomic mass is 16.4. The number of carbonyl (C=O) groups excluding carboxylic acids is 1. The minimum Gasteiger partial charge on any atom is -0.480 e. The fourth-order valence-electron chi connectivity index (χ4n) is 1.34. The number of H-pyrrole nitrogens is 1. The van der Waals surface area contributed by atoms with Crippen LogP contribution in [0.15, 0.2) is 12.4 Å². The second-order valence-corrected chi connectivity index (χ2v) is 4.11. The van der Waals surface area contributed by atoms with Gasteiger partial charge in [0, 0.05) is 6.20 Å². The molecular weight excluding hydrogens is 224 g/mol. The van der Waals surface area contributed by atoms with Crippen LogP contribution in [0.4, 0.5) is 10.5 Å². The smallest absolute Gasteiger partial charge is 0.326 e. The molecule has 0 aliphatic heterocycles. The lowest BCUT2D eigenvalue weighted by atomic mass is 10.0. The molecule has 17 heavy (non-hydrogen) atoms. The summed E-state index contributed by atoms with van der Waals surface area (Å²) in [6.07, 6.45) is 3.31. The van der Waals surface area contributed by atoms with Crippen molar-refractivity contribution in [2.24, 2.45) is 5.92 Å². The molecule has 0 aliphatic carbocycles. The van der Waals surface area contributed by atoms with Crippen LogP contribution in [0.3, 0.4) is 0 Å². The normalized spacial score (nSPS) is 12.2. The highest BCUT2D eigenvalue weighted by Gasteiger charge is 2.20. The molecule has 1 aromatic heterocycles. The summed E-state index contributed by atoms with van der Waals surface area (Å²) in [5, 5.41) is 20.0. The van der Waals surface area contributed by atoms with Gasteiger partial charge in [-0.1, -0.05) is 13.8 Å². The van der Waals surface area contributed by atoms with Gasteiger partial charge in [0.05, 0.1) is 11.9 Å². The van der Waals surface area contributed by atoms with Gasteiger partial charge < -0.3 is 15.7 Å². The van der Waals surface area contributed by atoms with E-state index < -0.39 is 18.0 Å². The third-order valence-corrected chi connectivity index (χ3v) is 2.07. The molecule has 1 heterocycles. The average Bonchev–Trinajstić information content (AvgIpc) is 2.68. The highest BCUT2D eigenvalue weighted by molar-refractivity contribution is 5.91. The monoisotopic (exact) mass is 240 g/mol. The summed E-state index contributed by atoms with van der Waals surface area (Å²) in [6, 6.07) is -1.44. The first-order valence-electron chi connectivity index (χ1n) is 5.28. The summed E-state index contributed by atoms with van der Waals surface area (Å²) >= 11 is 0. The van der Waals surface area contributed by atoms with Gasteiger partial charge in [-0.2, -0.15) is 5.10 Å². The molecule has 94 valence electrons. The fraction of sp³-hybridized carbons (Fsp3) is 0.500. The van der Waals surface area contributed by atoms with Crippen molar-refractivity contribution in [3.05, 3.63) is 12.4 Å². The van der Waals surface area contributed by atoms with Crippen molar-refractivity contribution in [2.45, 2.75) is 26.3 Å². The van der Waals surface area contributed by atoms with E-state index in [0.717, 1.165) is 0 Å². The molecule has 7 nitrogen and oxygen atoms in total. The molecule has 1 atom stereocenters. The molecule has 7 heteroatoms. The summed E-state index contributed by atoms with van der Waals surface area (Å²) in [5.41, 5.74) is 0.483. The second kappa shape index (κ2) is 5.88. The maximum absolute atomic E-state index is 11.5. The van der Waals surface area contributed by atoms with Gasteiger partial charge in [-0.05, 0) is 12.3 Å². The largest absolute Gasteiger partial charge is 0.480 e. The highest BCUT2D eigenvalue weighted by Crippen LogP contribution is 2.06. The predicted octanol–water partition coefficient (Wildman–Crippen LogP) is 1.03. The quantitative estimate of drug-likeness (QED) is 0.616. The zero-order chi connectivity index (χ0) is 12.8. The number of carboxylic acid groups (broad SMARTS) is 1. The molecule has 1 rings (SSSR count). The summed E-state index contributed by atoms with van der Waals surface area (Å²) in [6.45, 7) is 3.79. The maximum Gasteiger partial charge on any atom is 0.326 e. The van der Waals surface area contributed by atoms with E-state index in [2.05, 4.69) is 20.8 Å². The van der Waals surface area contributed by atoms with E-state index in [4.69, 9.17) is 5.11 Å². The van der Waals surface area contributed by atoms with E-state index in [1.54, 1.807) is 0 Å². The van der Waals surface area contributed by atoms with Gasteiger partial charge in [0.1, 0.15) is 6.04 Å². The molecule has 1 aromatic rings. The number of carboxylic acids is 1. The van der Waals surface area contributed by atoms with Gasteiger partial charge >= 0.3 is 12.0 Å². The van der Waals surface area contributed by atoms with Crippen LogP contribution < -0.4 is 10.6 Å². The number of rotatable bonds is 5. The van der Waals surface area contributed by atoms with Crippen molar-refractivity contribution >= 4 is 17.7 Å². The van der Waals surface area contributed by atoms with Crippen LogP contribution >= 0.6 is 0 Å². The Morgan fingerprint density at radius 1 is 1.53 bits per heavy atom. The van der Waals surface area contributed by atoms with Gasteiger partial charge in [-0.25, -0.2) is 9.59 Å². The van der Waals surface area contributed by atoms with Crippen LogP contribution in [0.1, 0.15) is 20.3 Å². The van der Waals surface area contributed by atoms with Gasteiger partial charge in [0.2, 0.25) is 0 Å². The Morgan fingerprint density at radius 2 is 2.24 bits per heavy atom. The first-order chi connectivity index (χ1) is 7.99. The minimum absolute atomic E-state index is 0.185. The second-order valence-electron chi connectivity index (χ2n) is 4.11. The van der Waals surface area contributed by atoms with E-state index in [1.807, 2.05) is 13.8 Å². The zero-order valence-corrected chi connectivity index (χ0v) is 9.73. The summed E-state index contributed by atoms with van der Waals surface area (Å²) in [4.78, 5) is 22.4. The van der Waals surface area contributed by atoms with Gasteiger partial charge in [0.25, 0.3) is 0 Å². The van der Waals surface area contributed by atoms with Gasteiger partial charge in [-0.15, -0.1) is 0 Å². The molecule has 0 aromatic carbocycles. The molecule has 0 unspecified atom stereocenters. The predicted molar refractivity (Wildman–Crippen MR) is 61.6 cm³/mol. The van der Waals surface area contributed by atoms with Crippen molar-refractivity contribution in [2.75, 3.05) is 5.32 Å². The van der Waals surface area contributed by atoms with Crippen LogP contribution in [0, 0.1) is 5.92 Å². The van der Waals surface area contributed by atoms with E-state index in [1.165, 1.54) is 12.4 Å².